The number of alkyl halides is 3. The fourth-order valence-corrected chi connectivity index (χ4v) is 2.60. The molecule has 0 aliphatic carbocycles. The molecule has 2 amide bonds. The molecule has 0 unspecified atom stereocenters. The lowest BCUT2D eigenvalue weighted by atomic mass is 10.1. The lowest BCUT2D eigenvalue weighted by molar-refractivity contribution is -0.137. The van der Waals surface area contributed by atoms with Gasteiger partial charge in [-0.3, -0.25) is 14.5 Å². The summed E-state index contributed by atoms with van der Waals surface area (Å²) in [6, 6.07) is 4.41. The van der Waals surface area contributed by atoms with Crippen molar-refractivity contribution < 1.29 is 22.8 Å². The summed E-state index contributed by atoms with van der Waals surface area (Å²) < 4.78 is 37.2. The van der Waals surface area contributed by atoms with Gasteiger partial charge in [0.25, 0.3) is 11.1 Å². The number of carbonyl (C=O) groups is 2. The zero-order valence-electron chi connectivity index (χ0n) is 10.4. The second-order valence-electron chi connectivity index (χ2n) is 4.05. The third-order valence-electron chi connectivity index (χ3n) is 2.73. The van der Waals surface area contributed by atoms with E-state index in [9.17, 15) is 22.8 Å². The Morgan fingerprint density at radius 1 is 1.20 bits per heavy atom. The highest BCUT2D eigenvalue weighted by molar-refractivity contribution is 8.18. The Bertz CT molecular complexity index is 578. The summed E-state index contributed by atoms with van der Waals surface area (Å²) in [6.45, 7) is 1.95. The molecule has 1 aliphatic heterocycles. The number of hydrogen-bond acceptors (Lipinski definition) is 3. The minimum atomic E-state index is -4.39. The molecule has 0 radical (unpaired) electrons. The Morgan fingerprint density at radius 2 is 1.80 bits per heavy atom. The van der Waals surface area contributed by atoms with Gasteiger partial charge in [-0.1, -0.05) is 12.1 Å². The van der Waals surface area contributed by atoms with Crippen LogP contribution in [0.4, 0.5) is 18.0 Å². The van der Waals surface area contributed by atoms with Crippen LogP contribution in [0.2, 0.25) is 0 Å². The van der Waals surface area contributed by atoms with Gasteiger partial charge in [0.05, 0.1) is 10.5 Å². The molecule has 0 bridgehead atoms. The average molecular weight is 301 g/mol. The van der Waals surface area contributed by atoms with Crippen molar-refractivity contribution in [3.05, 3.63) is 40.3 Å². The zero-order valence-corrected chi connectivity index (χ0v) is 11.2. The first-order chi connectivity index (χ1) is 9.32. The Labute approximate surface area is 117 Å². The molecular formula is C13H10F3NO2S. The van der Waals surface area contributed by atoms with E-state index in [1.807, 2.05) is 0 Å². The van der Waals surface area contributed by atoms with Gasteiger partial charge in [0.1, 0.15) is 0 Å². The van der Waals surface area contributed by atoms with Crippen molar-refractivity contribution in [2.75, 3.05) is 6.54 Å². The van der Waals surface area contributed by atoms with Gasteiger partial charge in [-0.15, -0.1) is 0 Å². The van der Waals surface area contributed by atoms with E-state index in [1.165, 1.54) is 18.2 Å². The number of amides is 2. The van der Waals surface area contributed by atoms with Gasteiger partial charge in [-0.2, -0.15) is 13.2 Å². The number of halogens is 3. The van der Waals surface area contributed by atoms with E-state index in [-0.39, 0.29) is 16.7 Å². The summed E-state index contributed by atoms with van der Waals surface area (Å²) in [4.78, 5) is 24.6. The quantitative estimate of drug-likeness (QED) is 0.781. The highest BCUT2D eigenvalue weighted by atomic mass is 32.2. The lowest BCUT2D eigenvalue weighted by Gasteiger charge is -2.07. The Hall–Kier alpha value is -1.76. The SMILES string of the molecule is CCN1C(=O)S/C(=C/c2ccc(C(F)(F)F)cc2)C1=O. The van der Waals surface area contributed by atoms with Gasteiger partial charge in [0.15, 0.2) is 0 Å². The van der Waals surface area contributed by atoms with Crippen molar-refractivity contribution in [3.63, 3.8) is 0 Å². The van der Waals surface area contributed by atoms with E-state index in [0.717, 1.165) is 28.8 Å². The number of hydrogen-bond donors (Lipinski definition) is 0. The van der Waals surface area contributed by atoms with E-state index in [1.54, 1.807) is 6.92 Å². The summed E-state index contributed by atoms with van der Waals surface area (Å²) in [5.74, 6) is -0.414. The molecule has 20 heavy (non-hydrogen) atoms. The molecule has 1 aromatic carbocycles. The van der Waals surface area contributed by atoms with E-state index in [4.69, 9.17) is 0 Å². The molecule has 106 valence electrons. The number of carbonyl (C=O) groups excluding carboxylic acids is 2. The molecule has 7 heteroatoms. The molecule has 1 aromatic rings. The number of rotatable bonds is 2. The second-order valence-corrected chi connectivity index (χ2v) is 5.04. The smallest absolute Gasteiger partial charge is 0.269 e. The third-order valence-corrected chi connectivity index (χ3v) is 3.63. The van der Waals surface area contributed by atoms with E-state index in [0.29, 0.717) is 5.56 Å². The van der Waals surface area contributed by atoms with Crippen LogP contribution in [0.1, 0.15) is 18.1 Å². The summed E-state index contributed by atoms with van der Waals surface area (Å²) in [5.41, 5.74) is -0.309. The molecule has 2 rings (SSSR count). The van der Waals surface area contributed by atoms with Gasteiger partial charge >= 0.3 is 6.18 Å². The van der Waals surface area contributed by atoms with E-state index < -0.39 is 17.6 Å². The van der Waals surface area contributed by atoms with Gasteiger partial charge in [-0.25, -0.2) is 0 Å². The number of nitrogens with zero attached hydrogens (tertiary/aromatic N) is 1. The van der Waals surface area contributed by atoms with Crippen LogP contribution in [0, 0.1) is 0 Å². The second kappa shape index (κ2) is 5.32. The van der Waals surface area contributed by atoms with Crippen LogP contribution >= 0.6 is 11.8 Å². The standard InChI is InChI=1S/C13H10F3NO2S/c1-2-17-11(18)10(20-12(17)19)7-8-3-5-9(6-4-8)13(14,15)16/h3-7H,2H2,1H3/b10-7+. The molecule has 1 aliphatic rings. The van der Waals surface area contributed by atoms with E-state index in [2.05, 4.69) is 0 Å². The molecule has 0 atom stereocenters. The maximum atomic E-state index is 12.4. The molecule has 0 spiro atoms. The van der Waals surface area contributed by atoms with Crippen molar-refractivity contribution >= 4 is 29.0 Å². The molecule has 1 heterocycles. The van der Waals surface area contributed by atoms with Crippen molar-refractivity contribution in [2.24, 2.45) is 0 Å². The predicted octanol–water partition coefficient (Wildman–Crippen LogP) is 3.76. The van der Waals surface area contributed by atoms with Crippen LogP contribution in [-0.2, 0) is 11.0 Å². The van der Waals surface area contributed by atoms with Crippen LogP contribution in [0.25, 0.3) is 6.08 Å². The number of imide groups is 1. The summed E-state index contributed by atoms with van der Waals surface area (Å²) >= 11 is 0.787. The maximum absolute atomic E-state index is 12.4. The lowest BCUT2D eigenvalue weighted by Crippen LogP contribution is -2.27. The minimum absolute atomic E-state index is 0.219. The van der Waals surface area contributed by atoms with Gasteiger partial charge in [0.2, 0.25) is 0 Å². The van der Waals surface area contributed by atoms with Crippen LogP contribution in [-0.4, -0.2) is 22.6 Å². The van der Waals surface area contributed by atoms with Crippen molar-refractivity contribution in [1.29, 1.82) is 0 Å². The fourth-order valence-electron chi connectivity index (χ4n) is 1.69. The number of thioether (sulfide) groups is 1. The first-order valence-corrected chi connectivity index (χ1v) is 6.57. The molecule has 3 nitrogen and oxygen atoms in total. The van der Waals surface area contributed by atoms with Crippen molar-refractivity contribution in [2.45, 2.75) is 13.1 Å². The highest BCUT2D eigenvalue weighted by Gasteiger charge is 2.34. The van der Waals surface area contributed by atoms with Crippen molar-refractivity contribution in [1.82, 2.24) is 4.90 Å². The first-order valence-electron chi connectivity index (χ1n) is 5.75. The zero-order chi connectivity index (χ0) is 14.9. The highest BCUT2D eigenvalue weighted by Crippen LogP contribution is 2.33. The molecule has 0 N–H and O–H groups in total. The van der Waals surface area contributed by atoms with Gasteiger partial charge < -0.3 is 0 Å². The molecule has 0 saturated carbocycles. The van der Waals surface area contributed by atoms with Gasteiger partial charge in [-0.05, 0) is 42.5 Å². The van der Waals surface area contributed by atoms with Crippen LogP contribution in [0.3, 0.4) is 0 Å². The Kier molecular flexibility index (Phi) is 3.89. The van der Waals surface area contributed by atoms with Crippen LogP contribution in [0.5, 0.6) is 0 Å². The molecule has 1 fully saturated rings. The number of benzene rings is 1. The van der Waals surface area contributed by atoms with Gasteiger partial charge in [0, 0.05) is 6.54 Å². The molecular weight excluding hydrogens is 291 g/mol. The third kappa shape index (κ3) is 2.87. The topological polar surface area (TPSA) is 37.4 Å². The fraction of sp³-hybridized carbons (Fsp3) is 0.231. The Balaban J connectivity index is 2.24. The van der Waals surface area contributed by atoms with Crippen LogP contribution < -0.4 is 0 Å². The summed E-state index contributed by atoms with van der Waals surface area (Å²) in [5, 5.41) is -0.365. The van der Waals surface area contributed by atoms with Crippen LogP contribution in [0.15, 0.2) is 29.2 Å². The van der Waals surface area contributed by atoms with Crippen molar-refractivity contribution in [3.8, 4) is 0 Å². The monoisotopic (exact) mass is 301 g/mol. The minimum Gasteiger partial charge on any atom is -0.269 e. The largest absolute Gasteiger partial charge is 0.416 e. The summed E-state index contributed by atoms with van der Waals surface area (Å²) in [6.07, 6.45) is -2.97. The molecule has 1 saturated heterocycles. The normalized spacial score (nSPS) is 18.2. The Morgan fingerprint density at radius 3 is 2.25 bits per heavy atom. The molecule has 0 aromatic heterocycles. The average Bonchev–Trinajstić information content (AvgIpc) is 2.63. The maximum Gasteiger partial charge on any atom is 0.416 e. The predicted molar refractivity (Wildman–Crippen MR) is 69.8 cm³/mol. The first kappa shape index (κ1) is 14.6. The number of likely N-dealkylation sites (N-methyl/N-ethyl adjacent to an activating group) is 1. The van der Waals surface area contributed by atoms with E-state index >= 15 is 0 Å². The summed E-state index contributed by atoms with van der Waals surface area (Å²) in [7, 11) is 0.